The summed E-state index contributed by atoms with van der Waals surface area (Å²) in [6.07, 6.45) is -8.61. The maximum absolute atomic E-state index is 14.5. The van der Waals surface area contributed by atoms with Gasteiger partial charge in [-0.25, -0.2) is 4.39 Å². The first-order valence-corrected chi connectivity index (χ1v) is 23.5. The number of carbonyl (C=O) groups excluding carboxylic acids is 2. The molecule has 3 aliphatic rings. The monoisotopic (exact) mass is 928 g/mol. The lowest BCUT2D eigenvalue weighted by Gasteiger charge is -2.48. The normalized spacial score (nSPS) is 41.9. The van der Waals surface area contributed by atoms with Gasteiger partial charge in [0, 0.05) is 51.2 Å². The highest BCUT2D eigenvalue weighted by molar-refractivity contribution is 5.78. The van der Waals surface area contributed by atoms with Crippen molar-refractivity contribution in [2.24, 2.45) is 17.8 Å². The summed E-state index contributed by atoms with van der Waals surface area (Å²) in [6.45, 7) is 18.4. The lowest BCUT2D eigenvalue weighted by atomic mass is 9.77. The van der Waals surface area contributed by atoms with Crippen LogP contribution in [0.2, 0.25) is 0 Å². The van der Waals surface area contributed by atoms with Crippen LogP contribution < -0.4 is 5.32 Å². The molecule has 6 N–H and O–H groups in total. The molecule has 18 atom stereocenters. The highest BCUT2D eigenvalue weighted by Crippen LogP contribution is 2.40. The minimum Gasteiger partial charge on any atom is -0.459 e. The predicted octanol–water partition coefficient (Wildman–Crippen LogP) is 3.16. The molecule has 1 aromatic carbocycles. The van der Waals surface area contributed by atoms with Crippen molar-refractivity contribution in [3.63, 3.8) is 0 Å². The van der Waals surface area contributed by atoms with Gasteiger partial charge in [0.25, 0.3) is 0 Å². The molecule has 0 spiro atoms. The van der Waals surface area contributed by atoms with Gasteiger partial charge in [-0.2, -0.15) is 0 Å². The Labute approximate surface area is 386 Å². The fraction of sp³-hybridized carbons (Fsp3) is 0.833. The zero-order valence-electron chi connectivity index (χ0n) is 41.1. The van der Waals surface area contributed by atoms with Gasteiger partial charge in [0.2, 0.25) is 5.91 Å². The Bertz CT molecular complexity index is 1660. The Morgan fingerprint density at radius 1 is 0.969 bits per heavy atom. The van der Waals surface area contributed by atoms with Gasteiger partial charge in [0.15, 0.2) is 12.6 Å². The molecular formula is C48H82FN3O13. The van der Waals surface area contributed by atoms with Crippen LogP contribution in [0.25, 0.3) is 0 Å². The smallest absolute Gasteiger partial charge is 0.311 e. The van der Waals surface area contributed by atoms with Gasteiger partial charge in [-0.1, -0.05) is 32.9 Å². The molecule has 3 saturated heterocycles. The van der Waals surface area contributed by atoms with E-state index in [1.165, 1.54) is 26.2 Å². The zero-order valence-corrected chi connectivity index (χ0v) is 41.1. The van der Waals surface area contributed by atoms with Crippen molar-refractivity contribution in [3.8, 4) is 0 Å². The largest absolute Gasteiger partial charge is 0.459 e. The number of hydrogen-bond acceptors (Lipinski definition) is 15. The first kappa shape index (κ1) is 55.2. The third kappa shape index (κ3) is 13.9. The average molecular weight is 928 g/mol. The Hall–Kier alpha value is -2.39. The van der Waals surface area contributed by atoms with Gasteiger partial charge in [0.1, 0.15) is 35.8 Å². The molecule has 0 aromatic heterocycles. The molecule has 1 aromatic rings. The maximum atomic E-state index is 14.5. The van der Waals surface area contributed by atoms with Crippen molar-refractivity contribution in [1.29, 1.82) is 0 Å². The molecule has 0 unspecified atom stereocenters. The maximum Gasteiger partial charge on any atom is 0.311 e. The van der Waals surface area contributed by atoms with Gasteiger partial charge in [-0.3, -0.25) is 14.5 Å². The van der Waals surface area contributed by atoms with Crippen LogP contribution in [0.4, 0.5) is 4.39 Å². The van der Waals surface area contributed by atoms with Crippen LogP contribution in [0.1, 0.15) is 107 Å². The molecule has 3 heterocycles. The summed E-state index contributed by atoms with van der Waals surface area (Å²) in [6, 6.07) is 4.72. The van der Waals surface area contributed by atoms with Crippen molar-refractivity contribution in [2.45, 2.75) is 198 Å². The van der Waals surface area contributed by atoms with Crippen molar-refractivity contribution in [3.05, 3.63) is 35.6 Å². The number of aliphatic hydroxyl groups is 5. The second kappa shape index (κ2) is 23.3. The average Bonchev–Trinajstić information content (AvgIpc) is 3.23. The van der Waals surface area contributed by atoms with E-state index in [0.29, 0.717) is 38.0 Å². The zero-order chi connectivity index (χ0) is 48.8. The SMILES string of the molecule is CC[C@H]1OC(=O)[C@H](C)[C@@H](O[C@H]2C[C@@](C)(OC)[C@@H](O)[C@H](C)O2)[C@H](C)[C@@H](O[C@@H]2O[C@H](C)C[C@H](N(C)C)[C@H]2O)[C@](C)(O)C[C@@H](C)CN(CCCNC(=O)Cc2ccc(F)cc2)[C@H](C)[C@@H](O)[C@]1(C)O. The first-order valence-electron chi connectivity index (χ1n) is 23.5. The van der Waals surface area contributed by atoms with Crippen LogP contribution in [0.5, 0.6) is 0 Å². The number of methoxy groups -OCH3 is 1. The number of nitrogens with one attached hydrogen (secondary N) is 1. The standard InChI is InChI=1S/C48H82FN3O13/c1-14-36-48(10,59)41(55)31(6)52(21-15-20-50-37(53)23-33-16-18-34(49)19-17-33)26-27(2)24-46(8,58)43(65-45-39(54)35(51(11)12)22-28(3)61-45)29(4)40(30(5)44(57)63-36)64-38-25-47(9,60-13)42(56)32(7)62-38/h16-19,27-32,35-36,38-43,45,54-56,58-59H,14-15,20-26H2,1-13H3,(H,50,53)/t27-,28-,29+,30-,31-,32+,35+,36-,38+,39-,40+,41-,42+,43-,45+,46-,47-,48-/m1/s1. The summed E-state index contributed by atoms with van der Waals surface area (Å²) in [4.78, 5) is 31.2. The van der Waals surface area contributed by atoms with Crippen LogP contribution in [0, 0.1) is 23.6 Å². The molecule has 4 rings (SSSR count). The van der Waals surface area contributed by atoms with Crippen LogP contribution in [-0.2, 0) is 44.4 Å². The summed E-state index contributed by atoms with van der Waals surface area (Å²) in [5.41, 5.74) is -3.99. The molecule has 65 heavy (non-hydrogen) atoms. The molecule has 0 saturated carbocycles. The summed E-state index contributed by atoms with van der Waals surface area (Å²) in [7, 11) is 5.23. The van der Waals surface area contributed by atoms with E-state index in [9.17, 15) is 39.5 Å². The fourth-order valence-electron chi connectivity index (χ4n) is 10.3. The minimum atomic E-state index is -1.93. The van der Waals surface area contributed by atoms with Gasteiger partial charge in [-0.15, -0.1) is 0 Å². The Morgan fingerprint density at radius 3 is 2.22 bits per heavy atom. The topological polar surface area (TPSA) is 209 Å². The highest BCUT2D eigenvalue weighted by atomic mass is 19.1. The first-order chi connectivity index (χ1) is 30.3. The van der Waals surface area contributed by atoms with Crippen LogP contribution in [0.15, 0.2) is 24.3 Å². The number of likely N-dealkylation sites (N-methyl/N-ethyl adjacent to an activating group) is 1. The van der Waals surface area contributed by atoms with Crippen molar-refractivity contribution >= 4 is 11.9 Å². The number of amides is 1. The van der Waals surface area contributed by atoms with Crippen LogP contribution in [0.3, 0.4) is 0 Å². The molecule has 16 nitrogen and oxygen atoms in total. The van der Waals surface area contributed by atoms with Crippen LogP contribution >= 0.6 is 0 Å². The van der Waals surface area contributed by atoms with Gasteiger partial charge in [-0.05, 0) is 112 Å². The summed E-state index contributed by atoms with van der Waals surface area (Å²) < 4.78 is 51.4. The Balaban J connectivity index is 1.74. The van der Waals surface area contributed by atoms with E-state index < -0.39 is 96.0 Å². The van der Waals surface area contributed by atoms with Gasteiger partial charge < -0.3 is 64.2 Å². The van der Waals surface area contributed by atoms with E-state index in [2.05, 4.69) is 5.32 Å². The number of ether oxygens (including phenoxy) is 6. The molecular weight excluding hydrogens is 846 g/mol. The molecule has 374 valence electrons. The second-order valence-electron chi connectivity index (χ2n) is 20.2. The molecule has 0 aliphatic carbocycles. The highest BCUT2D eigenvalue weighted by Gasteiger charge is 2.53. The second-order valence-corrected chi connectivity index (χ2v) is 20.2. The molecule has 3 aliphatic heterocycles. The quantitative estimate of drug-likeness (QED) is 0.124. The number of rotatable bonds is 13. The molecule has 0 bridgehead atoms. The number of halogens is 1. The molecule has 17 heteroatoms. The van der Waals surface area contributed by atoms with E-state index in [1.54, 1.807) is 60.6 Å². The van der Waals surface area contributed by atoms with Crippen LogP contribution in [-0.4, -0.2) is 178 Å². The van der Waals surface area contributed by atoms with Gasteiger partial charge >= 0.3 is 5.97 Å². The Kier molecular flexibility index (Phi) is 19.8. The Morgan fingerprint density at radius 2 is 1.62 bits per heavy atom. The fourth-order valence-corrected chi connectivity index (χ4v) is 10.3. The predicted molar refractivity (Wildman–Crippen MR) is 241 cm³/mol. The number of aliphatic hydroxyl groups excluding tert-OH is 3. The van der Waals surface area contributed by atoms with E-state index >= 15 is 0 Å². The minimum absolute atomic E-state index is 0.0809. The number of esters is 1. The van der Waals surface area contributed by atoms with Crippen molar-refractivity contribution in [1.82, 2.24) is 15.1 Å². The third-order valence-electron chi connectivity index (χ3n) is 14.3. The van der Waals surface area contributed by atoms with E-state index in [1.807, 2.05) is 37.7 Å². The molecule has 3 fully saturated rings. The number of cyclic esters (lactones) is 1. The number of hydrogen-bond donors (Lipinski definition) is 6. The summed E-state index contributed by atoms with van der Waals surface area (Å²) in [5.74, 6) is -3.54. The third-order valence-corrected chi connectivity index (χ3v) is 14.3. The summed E-state index contributed by atoms with van der Waals surface area (Å²) >= 11 is 0. The number of benzene rings is 1. The lowest BCUT2D eigenvalue weighted by Crippen LogP contribution is -2.60. The number of carbonyl (C=O) groups is 2. The van der Waals surface area contributed by atoms with Crippen molar-refractivity contribution < 1.29 is 67.9 Å². The number of nitrogens with zero attached hydrogens (tertiary/aromatic N) is 2. The van der Waals surface area contributed by atoms with E-state index in [-0.39, 0.29) is 55.5 Å². The van der Waals surface area contributed by atoms with E-state index in [0.717, 1.165) is 0 Å². The lowest BCUT2D eigenvalue weighted by molar-refractivity contribution is -0.318. The van der Waals surface area contributed by atoms with Gasteiger partial charge in [0.05, 0.1) is 48.0 Å². The van der Waals surface area contributed by atoms with Crippen molar-refractivity contribution in [2.75, 3.05) is 40.8 Å². The molecule has 0 radical (unpaired) electrons. The van der Waals surface area contributed by atoms with E-state index in [4.69, 9.17) is 28.4 Å². The molecule has 1 amide bonds. The summed E-state index contributed by atoms with van der Waals surface area (Å²) in [5, 5.41) is 62.6.